The summed E-state index contributed by atoms with van der Waals surface area (Å²) in [5, 5.41) is 7.73. The van der Waals surface area contributed by atoms with Gasteiger partial charge < -0.3 is 14.9 Å². The monoisotopic (exact) mass is 297 g/mol. The zero-order valence-corrected chi connectivity index (χ0v) is 11.4. The second-order valence-electron chi connectivity index (χ2n) is 3.85. The molecule has 0 bridgehead atoms. The number of primary amides is 1. The van der Waals surface area contributed by atoms with Crippen LogP contribution in [0.2, 0.25) is 0 Å². The highest BCUT2D eigenvalue weighted by Gasteiger charge is 2.17. The third kappa shape index (κ3) is 3.70. The van der Waals surface area contributed by atoms with Gasteiger partial charge in [0.25, 0.3) is 11.1 Å². The average Bonchev–Trinajstić information content (AvgIpc) is 2.88. The number of rotatable bonds is 6. The smallest absolute Gasteiger partial charge is 0.277 e. The summed E-state index contributed by atoms with van der Waals surface area (Å²) in [5.41, 5.74) is 5.01. The Morgan fingerprint density at radius 3 is 2.95 bits per heavy atom. The Balaban J connectivity index is 2.01. The summed E-state index contributed by atoms with van der Waals surface area (Å²) in [6, 6.07) is 6.03. The van der Waals surface area contributed by atoms with E-state index in [-0.39, 0.29) is 22.6 Å². The molecule has 2 aromatic rings. The number of carbonyl (C=O) groups is 1. The van der Waals surface area contributed by atoms with Gasteiger partial charge in [-0.2, -0.15) is 0 Å². The average molecular weight is 297 g/mol. The lowest BCUT2D eigenvalue weighted by molar-refractivity contribution is -0.115. The van der Waals surface area contributed by atoms with Crippen LogP contribution in [0.1, 0.15) is 18.9 Å². The molecule has 0 fully saturated rings. The number of nitrogens with two attached hydrogens (primary N) is 1. The lowest BCUT2D eigenvalue weighted by Crippen LogP contribution is -2.12. The fourth-order valence-corrected chi connectivity index (χ4v) is 1.87. The Hall–Kier alpha value is -2.09. The maximum Gasteiger partial charge on any atom is 0.277 e. The Bertz CT molecular complexity index is 605. The first-order valence-corrected chi connectivity index (χ1v) is 6.70. The van der Waals surface area contributed by atoms with Crippen LogP contribution in [-0.2, 0) is 4.79 Å². The molecule has 2 rings (SSSR count). The Labute approximate surface area is 118 Å². The van der Waals surface area contributed by atoms with Gasteiger partial charge in [0.1, 0.15) is 0 Å². The van der Waals surface area contributed by atoms with E-state index in [0.29, 0.717) is 0 Å². The second-order valence-corrected chi connectivity index (χ2v) is 4.78. The minimum atomic E-state index is -0.609. The molecule has 1 aromatic carbocycles. The van der Waals surface area contributed by atoms with Crippen molar-refractivity contribution in [3.05, 3.63) is 36.0 Å². The number of hydrogen-bond acceptors (Lipinski definition) is 6. The van der Waals surface area contributed by atoms with Crippen LogP contribution in [0.25, 0.3) is 0 Å². The van der Waals surface area contributed by atoms with Gasteiger partial charge >= 0.3 is 0 Å². The number of ether oxygens (including phenoxy) is 1. The Morgan fingerprint density at radius 1 is 1.50 bits per heavy atom. The summed E-state index contributed by atoms with van der Waals surface area (Å²) in [5.74, 6) is -0.609. The predicted molar refractivity (Wildman–Crippen MR) is 69.7 cm³/mol. The quantitative estimate of drug-likeness (QED) is 0.819. The molecule has 0 aliphatic carbocycles. The van der Waals surface area contributed by atoms with Crippen molar-refractivity contribution >= 4 is 17.7 Å². The number of hydrogen-bond donors (Lipinski definition) is 1. The van der Waals surface area contributed by atoms with Crippen LogP contribution in [0, 0.1) is 5.82 Å². The number of aromatic nitrogens is 2. The number of halogens is 1. The van der Waals surface area contributed by atoms with Crippen LogP contribution in [-0.4, -0.2) is 21.9 Å². The van der Waals surface area contributed by atoms with Crippen molar-refractivity contribution in [1.29, 1.82) is 0 Å². The van der Waals surface area contributed by atoms with Gasteiger partial charge in [-0.3, -0.25) is 4.79 Å². The van der Waals surface area contributed by atoms with E-state index >= 15 is 0 Å². The molecule has 20 heavy (non-hydrogen) atoms. The lowest BCUT2D eigenvalue weighted by atomic mass is 10.3. The molecule has 0 saturated carbocycles. The maximum absolute atomic E-state index is 13.4. The normalized spacial score (nSPS) is 12.1. The Kier molecular flexibility index (Phi) is 4.57. The highest BCUT2D eigenvalue weighted by molar-refractivity contribution is 7.99. The number of benzene rings is 1. The third-order valence-corrected chi connectivity index (χ3v) is 3.09. The van der Waals surface area contributed by atoms with Crippen molar-refractivity contribution in [3.8, 4) is 5.75 Å². The SMILES string of the molecule is C[C@@H](Oc1ccccc1F)c1nnc(SCC(N)=O)o1. The molecule has 0 spiro atoms. The molecular formula is C12H12FN3O3S. The first-order valence-electron chi connectivity index (χ1n) is 5.72. The van der Waals surface area contributed by atoms with E-state index in [2.05, 4.69) is 10.2 Å². The van der Waals surface area contributed by atoms with E-state index in [9.17, 15) is 9.18 Å². The summed E-state index contributed by atoms with van der Waals surface area (Å²) in [6.07, 6.45) is -0.609. The van der Waals surface area contributed by atoms with E-state index in [4.69, 9.17) is 14.9 Å². The van der Waals surface area contributed by atoms with E-state index in [1.165, 1.54) is 12.1 Å². The molecule has 1 atom stereocenters. The molecule has 0 radical (unpaired) electrons. The predicted octanol–water partition coefficient (Wildman–Crippen LogP) is 1.93. The molecule has 2 N–H and O–H groups in total. The van der Waals surface area contributed by atoms with E-state index in [0.717, 1.165) is 11.8 Å². The minimum Gasteiger partial charge on any atom is -0.478 e. The second kappa shape index (κ2) is 6.38. The summed E-state index contributed by atoms with van der Waals surface area (Å²) < 4.78 is 24.1. The fourth-order valence-electron chi connectivity index (χ4n) is 1.36. The molecule has 0 aliphatic rings. The first kappa shape index (κ1) is 14.3. The zero-order valence-electron chi connectivity index (χ0n) is 10.6. The van der Waals surface area contributed by atoms with Gasteiger partial charge in [-0.25, -0.2) is 4.39 Å². The van der Waals surface area contributed by atoms with Crippen LogP contribution < -0.4 is 10.5 Å². The standard InChI is InChI=1S/C12H12FN3O3S/c1-7(18-9-5-3-2-4-8(9)13)11-15-16-12(19-11)20-6-10(14)17/h2-5,7H,6H2,1H3,(H2,14,17)/t7-/m1/s1. The van der Waals surface area contributed by atoms with Crippen molar-refractivity contribution in [3.63, 3.8) is 0 Å². The van der Waals surface area contributed by atoms with Gasteiger partial charge in [0.15, 0.2) is 17.7 Å². The number of amides is 1. The molecule has 1 heterocycles. The molecular weight excluding hydrogens is 285 g/mol. The summed E-state index contributed by atoms with van der Waals surface area (Å²) in [6.45, 7) is 1.66. The molecule has 106 valence electrons. The largest absolute Gasteiger partial charge is 0.478 e. The van der Waals surface area contributed by atoms with Crippen LogP contribution in [0.3, 0.4) is 0 Å². The maximum atomic E-state index is 13.4. The molecule has 1 amide bonds. The third-order valence-electron chi connectivity index (χ3n) is 2.25. The van der Waals surface area contributed by atoms with E-state index in [1.54, 1.807) is 19.1 Å². The van der Waals surface area contributed by atoms with Crippen LogP contribution in [0.5, 0.6) is 5.75 Å². The molecule has 6 nitrogen and oxygen atoms in total. The lowest BCUT2D eigenvalue weighted by Gasteiger charge is -2.11. The summed E-state index contributed by atoms with van der Waals surface area (Å²) in [4.78, 5) is 10.6. The first-order chi connectivity index (χ1) is 9.56. The highest BCUT2D eigenvalue weighted by atomic mass is 32.2. The fraction of sp³-hybridized carbons (Fsp3) is 0.250. The van der Waals surface area contributed by atoms with Gasteiger partial charge in [0, 0.05) is 0 Å². The van der Waals surface area contributed by atoms with E-state index < -0.39 is 17.8 Å². The van der Waals surface area contributed by atoms with Crippen molar-refractivity contribution in [2.75, 3.05) is 5.75 Å². The van der Waals surface area contributed by atoms with Crippen molar-refractivity contribution in [2.45, 2.75) is 18.3 Å². The van der Waals surface area contributed by atoms with Crippen molar-refractivity contribution in [2.24, 2.45) is 5.73 Å². The number of nitrogens with zero attached hydrogens (tertiary/aromatic N) is 2. The number of thioether (sulfide) groups is 1. The minimum absolute atomic E-state index is 0.0458. The summed E-state index contributed by atoms with van der Waals surface area (Å²) in [7, 11) is 0. The van der Waals surface area contributed by atoms with Gasteiger partial charge in [-0.1, -0.05) is 23.9 Å². The Morgan fingerprint density at radius 2 is 2.25 bits per heavy atom. The van der Waals surface area contributed by atoms with Crippen molar-refractivity contribution < 1.29 is 18.3 Å². The highest BCUT2D eigenvalue weighted by Crippen LogP contribution is 2.25. The molecule has 0 aliphatic heterocycles. The van der Waals surface area contributed by atoms with Gasteiger partial charge in [0.05, 0.1) is 5.75 Å². The van der Waals surface area contributed by atoms with Gasteiger partial charge in [-0.15, -0.1) is 10.2 Å². The zero-order chi connectivity index (χ0) is 14.5. The number of carbonyl (C=O) groups excluding carboxylic acids is 1. The molecule has 0 unspecified atom stereocenters. The van der Waals surface area contributed by atoms with Crippen LogP contribution in [0.15, 0.2) is 33.9 Å². The van der Waals surface area contributed by atoms with Crippen LogP contribution >= 0.6 is 11.8 Å². The topological polar surface area (TPSA) is 91.2 Å². The van der Waals surface area contributed by atoms with E-state index in [1.807, 2.05) is 0 Å². The summed E-state index contributed by atoms with van der Waals surface area (Å²) >= 11 is 1.03. The molecule has 1 aromatic heterocycles. The van der Waals surface area contributed by atoms with Gasteiger partial charge in [-0.05, 0) is 19.1 Å². The number of para-hydroxylation sites is 1. The van der Waals surface area contributed by atoms with Crippen LogP contribution in [0.4, 0.5) is 4.39 Å². The van der Waals surface area contributed by atoms with Gasteiger partial charge in [0.2, 0.25) is 5.91 Å². The molecule has 0 saturated heterocycles. The van der Waals surface area contributed by atoms with Crippen molar-refractivity contribution in [1.82, 2.24) is 10.2 Å². The molecule has 8 heteroatoms.